The third kappa shape index (κ3) is 4.62. The minimum atomic E-state index is -3.61. The van der Waals surface area contributed by atoms with Gasteiger partial charge in [-0.2, -0.15) is 0 Å². The first-order valence-corrected chi connectivity index (χ1v) is 9.84. The predicted molar refractivity (Wildman–Crippen MR) is 101 cm³/mol. The normalized spacial score (nSPS) is 12.5. The Labute approximate surface area is 154 Å². The highest BCUT2D eigenvalue weighted by Gasteiger charge is 2.18. The summed E-state index contributed by atoms with van der Waals surface area (Å²) in [6.07, 6.45) is 0. The van der Waals surface area contributed by atoms with Gasteiger partial charge in [-0.25, -0.2) is 13.1 Å². The van der Waals surface area contributed by atoms with E-state index in [0.29, 0.717) is 17.7 Å². The Hall–Kier alpha value is -2.38. The van der Waals surface area contributed by atoms with Crippen LogP contribution < -0.4 is 14.8 Å². The Balaban J connectivity index is 2.20. The fourth-order valence-corrected chi connectivity index (χ4v) is 3.26. The van der Waals surface area contributed by atoms with Crippen LogP contribution in [0.25, 0.3) is 0 Å². The van der Waals surface area contributed by atoms with Gasteiger partial charge < -0.3 is 10.1 Å². The molecule has 7 heteroatoms. The lowest BCUT2D eigenvalue weighted by molar-refractivity contribution is 0.0939. The Bertz CT molecular complexity index is 877. The molecule has 0 aliphatic carbocycles. The molecule has 6 nitrogen and oxygen atoms in total. The number of ether oxygens (including phenoxy) is 1. The van der Waals surface area contributed by atoms with Crippen molar-refractivity contribution in [2.75, 3.05) is 13.7 Å². The topological polar surface area (TPSA) is 84.5 Å². The average Bonchev–Trinajstić information content (AvgIpc) is 2.62. The van der Waals surface area contributed by atoms with Crippen LogP contribution >= 0.6 is 0 Å². The molecule has 26 heavy (non-hydrogen) atoms. The van der Waals surface area contributed by atoms with E-state index in [0.717, 1.165) is 11.3 Å². The standard InChI is InChI=1S/C19H24N2O4S/c1-5-25-16-9-7-15(8-10-16)14(3)21-19(22)18-12-17(11-6-13(18)2)26(23,24)20-4/h6-12,14,20H,5H2,1-4H3,(H,21,22). The molecule has 1 unspecified atom stereocenters. The lowest BCUT2D eigenvalue weighted by atomic mass is 10.1. The van der Waals surface area contributed by atoms with E-state index in [-0.39, 0.29) is 16.8 Å². The Morgan fingerprint density at radius 2 is 1.81 bits per heavy atom. The Kier molecular flexibility index (Phi) is 6.39. The van der Waals surface area contributed by atoms with Crippen molar-refractivity contribution in [2.45, 2.75) is 31.7 Å². The number of nitrogens with one attached hydrogen (secondary N) is 2. The molecular formula is C19H24N2O4S. The smallest absolute Gasteiger partial charge is 0.252 e. The fourth-order valence-electron chi connectivity index (χ4n) is 2.51. The maximum absolute atomic E-state index is 12.6. The minimum Gasteiger partial charge on any atom is -0.494 e. The number of benzene rings is 2. The predicted octanol–water partition coefficient (Wildman–Crippen LogP) is 2.79. The van der Waals surface area contributed by atoms with Crippen molar-refractivity contribution < 1.29 is 17.9 Å². The summed E-state index contributed by atoms with van der Waals surface area (Å²) in [6, 6.07) is 11.8. The number of amides is 1. The summed E-state index contributed by atoms with van der Waals surface area (Å²) in [5, 5.41) is 2.91. The molecule has 2 aromatic rings. The summed E-state index contributed by atoms with van der Waals surface area (Å²) >= 11 is 0. The van der Waals surface area contributed by atoms with Crippen LogP contribution in [0.4, 0.5) is 0 Å². The van der Waals surface area contributed by atoms with Crippen molar-refractivity contribution in [2.24, 2.45) is 0 Å². The van der Waals surface area contributed by atoms with Crippen LogP contribution in [0, 0.1) is 6.92 Å². The van der Waals surface area contributed by atoms with Gasteiger partial charge in [0.25, 0.3) is 5.91 Å². The quantitative estimate of drug-likeness (QED) is 0.778. The third-order valence-electron chi connectivity index (χ3n) is 4.07. The van der Waals surface area contributed by atoms with Gasteiger partial charge in [0.15, 0.2) is 0 Å². The number of carbonyl (C=O) groups excluding carboxylic acids is 1. The molecule has 0 bridgehead atoms. The van der Waals surface area contributed by atoms with Gasteiger partial charge in [0.05, 0.1) is 17.5 Å². The molecule has 1 atom stereocenters. The molecule has 0 aromatic heterocycles. The van der Waals surface area contributed by atoms with Crippen molar-refractivity contribution in [1.29, 1.82) is 0 Å². The van der Waals surface area contributed by atoms with E-state index in [9.17, 15) is 13.2 Å². The first kappa shape index (κ1) is 19.9. The monoisotopic (exact) mass is 376 g/mol. The Morgan fingerprint density at radius 1 is 1.15 bits per heavy atom. The highest BCUT2D eigenvalue weighted by atomic mass is 32.2. The number of hydrogen-bond acceptors (Lipinski definition) is 4. The van der Waals surface area contributed by atoms with Crippen LogP contribution in [-0.2, 0) is 10.0 Å². The van der Waals surface area contributed by atoms with Crippen molar-refractivity contribution in [1.82, 2.24) is 10.0 Å². The van der Waals surface area contributed by atoms with Crippen LogP contribution in [0.1, 0.15) is 41.4 Å². The molecule has 2 N–H and O–H groups in total. The molecular weight excluding hydrogens is 352 g/mol. The molecule has 0 aliphatic rings. The molecule has 0 heterocycles. The lowest BCUT2D eigenvalue weighted by Crippen LogP contribution is -2.28. The summed E-state index contributed by atoms with van der Waals surface area (Å²) < 4.78 is 31.6. The highest BCUT2D eigenvalue weighted by Crippen LogP contribution is 2.20. The average molecular weight is 376 g/mol. The summed E-state index contributed by atoms with van der Waals surface area (Å²) in [5.41, 5.74) is 1.97. The van der Waals surface area contributed by atoms with E-state index in [2.05, 4.69) is 10.0 Å². The largest absolute Gasteiger partial charge is 0.494 e. The number of hydrogen-bond donors (Lipinski definition) is 2. The zero-order valence-electron chi connectivity index (χ0n) is 15.4. The molecule has 2 aromatic carbocycles. The SMILES string of the molecule is CCOc1ccc(C(C)NC(=O)c2cc(S(=O)(=O)NC)ccc2C)cc1. The van der Waals surface area contributed by atoms with Gasteiger partial charge in [-0.15, -0.1) is 0 Å². The van der Waals surface area contributed by atoms with Crippen LogP contribution in [0.5, 0.6) is 5.75 Å². The van der Waals surface area contributed by atoms with Crippen LogP contribution in [-0.4, -0.2) is 28.0 Å². The number of aryl methyl sites for hydroxylation is 1. The summed E-state index contributed by atoms with van der Waals surface area (Å²) in [6.45, 7) is 6.15. The molecule has 0 fully saturated rings. The number of sulfonamides is 1. The van der Waals surface area contributed by atoms with E-state index in [1.54, 1.807) is 13.0 Å². The summed E-state index contributed by atoms with van der Waals surface area (Å²) in [7, 11) is -2.27. The van der Waals surface area contributed by atoms with Gasteiger partial charge in [0, 0.05) is 5.56 Å². The third-order valence-corrected chi connectivity index (χ3v) is 5.48. The zero-order valence-corrected chi connectivity index (χ0v) is 16.2. The van der Waals surface area contributed by atoms with Crippen molar-refractivity contribution in [3.8, 4) is 5.75 Å². The maximum atomic E-state index is 12.6. The highest BCUT2D eigenvalue weighted by molar-refractivity contribution is 7.89. The first-order valence-electron chi connectivity index (χ1n) is 8.36. The number of carbonyl (C=O) groups is 1. The van der Waals surface area contributed by atoms with Crippen molar-refractivity contribution >= 4 is 15.9 Å². The van der Waals surface area contributed by atoms with Crippen LogP contribution in [0.2, 0.25) is 0 Å². The molecule has 0 radical (unpaired) electrons. The molecule has 0 aliphatic heterocycles. The van der Waals surface area contributed by atoms with Crippen molar-refractivity contribution in [3.05, 3.63) is 59.2 Å². The van der Waals surface area contributed by atoms with Gasteiger partial charge in [-0.1, -0.05) is 18.2 Å². The van der Waals surface area contributed by atoms with Gasteiger partial charge in [0.2, 0.25) is 10.0 Å². The fraction of sp³-hybridized carbons (Fsp3) is 0.316. The second-order valence-electron chi connectivity index (χ2n) is 5.88. The van der Waals surface area contributed by atoms with Crippen molar-refractivity contribution in [3.63, 3.8) is 0 Å². The molecule has 0 saturated carbocycles. The maximum Gasteiger partial charge on any atom is 0.252 e. The van der Waals surface area contributed by atoms with E-state index >= 15 is 0 Å². The van der Waals surface area contributed by atoms with E-state index < -0.39 is 10.0 Å². The Morgan fingerprint density at radius 3 is 2.38 bits per heavy atom. The van der Waals surface area contributed by atoms with Gasteiger partial charge in [0.1, 0.15) is 5.75 Å². The zero-order chi connectivity index (χ0) is 19.3. The van der Waals surface area contributed by atoms with E-state index in [1.807, 2.05) is 38.1 Å². The summed E-state index contributed by atoms with van der Waals surface area (Å²) in [4.78, 5) is 12.7. The second kappa shape index (κ2) is 8.33. The van der Waals surface area contributed by atoms with E-state index in [4.69, 9.17) is 4.74 Å². The van der Waals surface area contributed by atoms with Crippen LogP contribution in [0.3, 0.4) is 0 Å². The molecule has 2 rings (SSSR count). The molecule has 0 spiro atoms. The van der Waals surface area contributed by atoms with Gasteiger partial charge in [-0.3, -0.25) is 4.79 Å². The first-order chi connectivity index (χ1) is 12.3. The summed E-state index contributed by atoms with van der Waals surface area (Å²) in [5.74, 6) is 0.452. The lowest BCUT2D eigenvalue weighted by Gasteiger charge is -2.16. The molecule has 1 amide bonds. The van der Waals surface area contributed by atoms with Gasteiger partial charge >= 0.3 is 0 Å². The number of rotatable bonds is 7. The molecule has 140 valence electrons. The molecule has 0 saturated heterocycles. The van der Waals surface area contributed by atoms with E-state index in [1.165, 1.54) is 19.2 Å². The van der Waals surface area contributed by atoms with Crippen LogP contribution in [0.15, 0.2) is 47.4 Å². The second-order valence-corrected chi connectivity index (χ2v) is 7.77. The minimum absolute atomic E-state index is 0.0597. The van der Waals surface area contributed by atoms with Gasteiger partial charge in [-0.05, 0) is 63.2 Å².